The predicted octanol–water partition coefficient (Wildman–Crippen LogP) is 0.794. The molecule has 3 N–H and O–H groups in total. The van der Waals surface area contributed by atoms with Gasteiger partial charge in [-0.1, -0.05) is 12.8 Å². The number of carbonyl (C=O) groups excluding carboxylic acids is 1. The molecule has 0 aromatic rings. The van der Waals surface area contributed by atoms with Gasteiger partial charge in [-0.3, -0.25) is 4.79 Å². The van der Waals surface area contributed by atoms with E-state index in [1.54, 1.807) is 0 Å². The van der Waals surface area contributed by atoms with Crippen LogP contribution in [0.4, 0.5) is 0 Å². The van der Waals surface area contributed by atoms with Crippen molar-refractivity contribution in [2.45, 2.75) is 64.1 Å². The van der Waals surface area contributed by atoms with Crippen LogP contribution in [0.3, 0.4) is 0 Å². The van der Waals surface area contributed by atoms with Gasteiger partial charge in [-0.05, 0) is 33.6 Å². The molecule has 0 spiro atoms. The monoisotopic (exact) mass is 228 g/mol. The summed E-state index contributed by atoms with van der Waals surface area (Å²) in [5.41, 5.74) is -0.0531. The summed E-state index contributed by atoms with van der Waals surface area (Å²) >= 11 is 0. The average molecular weight is 228 g/mol. The van der Waals surface area contributed by atoms with E-state index in [1.165, 1.54) is 0 Å². The molecule has 2 atom stereocenters. The number of aliphatic hydroxyl groups excluding tert-OH is 1. The maximum absolute atomic E-state index is 11.6. The zero-order chi connectivity index (χ0) is 12.2. The third-order valence-corrected chi connectivity index (χ3v) is 2.86. The molecule has 1 rings (SSSR count). The largest absolute Gasteiger partial charge is 0.391 e. The Labute approximate surface area is 97.8 Å². The summed E-state index contributed by atoms with van der Waals surface area (Å²) in [5.74, 6) is -0.0270. The fourth-order valence-corrected chi connectivity index (χ4v) is 1.88. The van der Waals surface area contributed by atoms with Gasteiger partial charge in [0.2, 0.25) is 5.91 Å². The average Bonchev–Trinajstić information content (AvgIpc) is 2.18. The van der Waals surface area contributed by atoms with Crippen LogP contribution in [0, 0.1) is 0 Å². The van der Waals surface area contributed by atoms with Crippen LogP contribution >= 0.6 is 0 Å². The van der Waals surface area contributed by atoms with Crippen molar-refractivity contribution in [1.82, 2.24) is 10.6 Å². The fourth-order valence-electron chi connectivity index (χ4n) is 1.88. The molecule has 0 aromatic heterocycles. The standard InChI is InChI=1S/C12H24N2O2/c1-12(2,3)13-8-11(16)14-9-6-4-5-7-10(9)15/h9-10,13,15H,4-8H2,1-3H3,(H,14,16)/t9-,10-/m1/s1. The molecule has 0 aromatic carbocycles. The number of amides is 1. The minimum absolute atomic E-state index is 0.0270. The van der Waals surface area contributed by atoms with Crippen LogP contribution in [-0.2, 0) is 4.79 Å². The van der Waals surface area contributed by atoms with E-state index < -0.39 is 0 Å². The van der Waals surface area contributed by atoms with Crippen molar-refractivity contribution in [3.63, 3.8) is 0 Å². The van der Waals surface area contributed by atoms with Gasteiger partial charge in [0.1, 0.15) is 0 Å². The Balaban J connectivity index is 2.28. The van der Waals surface area contributed by atoms with Gasteiger partial charge in [0.25, 0.3) is 0 Å². The van der Waals surface area contributed by atoms with Gasteiger partial charge in [0.05, 0.1) is 18.7 Å². The molecular formula is C12H24N2O2. The lowest BCUT2D eigenvalue weighted by Crippen LogP contribution is -2.50. The topological polar surface area (TPSA) is 61.4 Å². The van der Waals surface area contributed by atoms with E-state index in [2.05, 4.69) is 10.6 Å². The molecule has 0 aliphatic heterocycles. The molecular weight excluding hydrogens is 204 g/mol. The van der Waals surface area contributed by atoms with Crippen LogP contribution in [0.25, 0.3) is 0 Å². The summed E-state index contributed by atoms with van der Waals surface area (Å²) < 4.78 is 0. The van der Waals surface area contributed by atoms with Gasteiger partial charge in [0, 0.05) is 5.54 Å². The quantitative estimate of drug-likeness (QED) is 0.669. The third-order valence-electron chi connectivity index (χ3n) is 2.86. The summed E-state index contributed by atoms with van der Waals surface area (Å²) in [6, 6.07) is -0.0528. The summed E-state index contributed by atoms with van der Waals surface area (Å²) in [6.45, 7) is 6.38. The Hall–Kier alpha value is -0.610. The van der Waals surface area contributed by atoms with E-state index in [0.717, 1.165) is 25.7 Å². The van der Waals surface area contributed by atoms with E-state index in [9.17, 15) is 9.90 Å². The molecule has 0 bridgehead atoms. The highest BCUT2D eigenvalue weighted by Gasteiger charge is 2.24. The molecule has 0 heterocycles. The molecule has 94 valence electrons. The Morgan fingerprint density at radius 2 is 1.94 bits per heavy atom. The summed E-state index contributed by atoms with van der Waals surface area (Å²) in [5, 5.41) is 15.7. The third kappa shape index (κ3) is 4.94. The van der Waals surface area contributed by atoms with Crippen molar-refractivity contribution in [3.8, 4) is 0 Å². The Kier molecular flexibility index (Phi) is 4.74. The Morgan fingerprint density at radius 3 is 2.50 bits per heavy atom. The molecule has 4 nitrogen and oxygen atoms in total. The lowest BCUT2D eigenvalue weighted by Gasteiger charge is -2.29. The smallest absolute Gasteiger partial charge is 0.234 e. The van der Waals surface area contributed by atoms with E-state index in [4.69, 9.17) is 0 Å². The Bertz CT molecular complexity index is 236. The van der Waals surface area contributed by atoms with Crippen molar-refractivity contribution in [3.05, 3.63) is 0 Å². The van der Waals surface area contributed by atoms with Crippen molar-refractivity contribution < 1.29 is 9.90 Å². The van der Waals surface area contributed by atoms with Gasteiger partial charge in [-0.25, -0.2) is 0 Å². The van der Waals surface area contributed by atoms with Crippen LogP contribution in [0.2, 0.25) is 0 Å². The van der Waals surface area contributed by atoms with E-state index in [-0.39, 0.29) is 23.6 Å². The maximum atomic E-state index is 11.6. The first-order valence-corrected chi connectivity index (χ1v) is 6.11. The van der Waals surface area contributed by atoms with Gasteiger partial charge in [0.15, 0.2) is 0 Å². The van der Waals surface area contributed by atoms with Crippen LogP contribution in [0.1, 0.15) is 46.5 Å². The van der Waals surface area contributed by atoms with Crippen LogP contribution in [-0.4, -0.2) is 35.2 Å². The molecule has 4 heteroatoms. The second kappa shape index (κ2) is 5.64. The molecule has 16 heavy (non-hydrogen) atoms. The number of nitrogens with one attached hydrogen (secondary N) is 2. The normalized spacial score (nSPS) is 26.5. The van der Waals surface area contributed by atoms with Crippen LogP contribution in [0.15, 0.2) is 0 Å². The van der Waals surface area contributed by atoms with Crippen molar-refractivity contribution in [2.75, 3.05) is 6.54 Å². The lowest BCUT2D eigenvalue weighted by atomic mass is 9.92. The first-order valence-electron chi connectivity index (χ1n) is 6.11. The van der Waals surface area contributed by atoms with Gasteiger partial charge in [-0.2, -0.15) is 0 Å². The fraction of sp³-hybridized carbons (Fsp3) is 0.917. The van der Waals surface area contributed by atoms with Gasteiger partial charge < -0.3 is 15.7 Å². The second-order valence-corrected chi connectivity index (χ2v) is 5.63. The van der Waals surface area contributed by atoms with Crippen LogP contribution in [0.5, 0.6) is 0 Å². The zero-order valence-corrected chi connectivity index (χ0v) is 10.5. The number of hydrogen-bond acceptors (Lipinski definition) is 3. The molecule has 0 saturated heterocycles. The highest BCUT2D eigenvalue weighted by molar-refractivity contribution is 5.78. The molecule has 0 unspecified atom stereocenters. The zero-order valence-electron chi connectivity index (χ0n) is 10.5. The van der Waals surface area contributed by atoms with Gasteiger partial charge in [-0.15, -0.1) is 0 Å². The number of hydrogen-bond donors (Lipinski definition) is 3. The maximum Gasteiger partial charge on any atom is 0.234 e. The predicted molar refractivity (Wildman–Crippen MR) is 64.2 cm³/mol. The summed E-state index contributed by atoms with van der Waals surface area (Å²) in [4.78, 5) is 11.6. The Morgan fingerprint density at radius 1 is 1.31 bits per heavy atom. The molecule has 1 saturated carbocycles. The van der Waals surface area contributed by atoms with E-state index >= 15 is 0 Å². The first kappa shape index (κ1) is 13.5. The summed E-state index contributed by atoms with van der Waals surface area (Å²) in [6.07, 6.45) is 3.48. The lowest BCUT2D eigenvalue weighted by molar-refractivity contribution is -0.122. The highest BCUT2D eigenvalue weighted by atomic mass is 16.3. The second-order valence-electron chi connectivity index (χ2n) is 5.63. The molecule has 1 aliphatic carbocycles. The van der Waals surface area contributed by atoms with Crippen molar-refractivity contribution >= 4 is 5.91 Å². The van der Waals surface area contributed by atoms with Gasteiger partial charge >= 0.3 is 0 Å². The van der Waals surface area contributed by atoms with E-state index in [1.807, 2.05) is 20.8 Å². The van der Waals surface area contributed by atoms with Crippen LogP contribution < -0.4 is 10.6 Å². The van der Waals surface area contributed by atoms with Crippen molar-refractivity contribution in [1.29, 1.82) is 0 Å². The minimum Gasteiger partial charge on any atom is -0.391 e. The number of aliphatic hydroxyl groups is 1. The molecule has 1 amide bonds. The SMILES string of the molecule is CC(C)(C)NCC(=O)N[C@@H]1CCCC[C@H]1O. The molecule has 1 aliphatic rings. The molecule has 1 fully saturated rings. The van der Waals surface area contributed by atoms with E-state index in [0.29, 0.717) is 6.54 Å². The highest BCUT2D eigenvalue weighted by Crippen LogP contribution is 2.18. The molecule has 0 radical (unpaired) electrons. The first-order chi connectivity index (χ1) is 7.38. The van der Waals surface area contributed by atoms with Crippen molar-refractivity contribution in [2.24, 2.45) is 0 Å². The number of carbonyl (C=O) groups is 1. The minimum atomic E-state index is -0.368. The summed E-state index contributed by atoms with van der Waals surface area (Å²) in [7, 11) is 0. The number of rotatable bonds is 3.